The van der Waals surface area contributed by atoms with Gasteiger partial charge in [0.05, 0.1) is 6.61 Å². The normalized spacial score (nSPS) is 13.4. The minimum atomic E-state index is -0.100. The van der Waals surface area contributed by atoms with E-state index in [4.69, 9.17) is 14.2 Å². The molecule has 1 atom stereocenters. The molecule has 0 heterocycles. The molecule has 3 nitrogen and oxygen atoms in total. The highest BCUT2D eigenvalue weighted by molar-refractivity contribution is 4.35. The Labute approximate surface area is 68.6 Å². The van der Waals surface area contributed by atoms with Crippen molar-refractivity contribution in [2.45, 2.75) is 26.6 Å². The predicted octanol–water partition coefficient (Wildman–Crippen LogP) is 1.42. The largest absolute Gasteiger partial charge is 0.382 e. The van der Waals surface area contributed by atoms with Gasteiger partial charge in [0.2, 0.25) is 0 Å². The smallest absolute Gasteiger partial charge is 0.154 e. The number of rotatable bonds is 7. The summed E-state index contributed by atoms with van der Waals surface area (Å²) in [4.78, 5) is 0. The van der Waals surface area contributed by atoms with Crippen molar-refractivity contribution in [3.8, 4) is 0 Å². The first-order chi connectivity index (χ1) is 5.31. The fraction of sp³-hybridized carbons (Fsp3) is 1.00. The number of methoxy groups -OCH3 is 1. The fourth-order valence-electron chi connectivity index (χ4n) is 0.623. The maximum atomic E-state index is 5.24. The molecule has 0 saturated heterocycles. The standard InChI is InChI=1S/C8H18O3/c1-4-10-6-5-7-11-8(2)9-3/h8H,4-7H2,1-3H3. The quantitative estimate of drug-likeness (QED) is 0.418. The van der Waals surface area contributed by atoms with Crippen LogP contribution in [0.1, 0.15) is 20.3 Å². The van der Waals surface area contributed by atoms with E-state index in [0.717, 1.165) is 19.6 Å². The van der Waals surface area contributed by atoms with Crippen molar-refractivity contribution < 1.29 is 14.2 Å². The van der Waals surface area contributed by atoms with E-state index in [1.807, 2.05) is 13.8 Å². The molecule has 0 aromatic carbocycles. The molecule has 0 aliphatic rings. The van der Waals surface area contributed by atoms with Gasteiger partial charge in [0.15, 0.2) is 6.29 Å². The Bertz CT molecular complexity index is 75.7. The van der Waals surface area contributed by atoms with Crippen LogP contribution in [0.4, 0.5) is 0 Å². The summed E-state index contributed by atoms with van der Waals surface area (Å²) in [5, 5.41) is 0. The molecule has 0 aliphatic heterocycles. The van der Waals surface area contributed by atoms with Crippen LogP contribution in [0.3, 0.4) is 0 Å². The van der Waals surface area contributed by atoms with Gasteiger partial charge < -0.3 is 14.2 Å². The van der Waals surface area contributed by atoms with Crippen LogP contribution in [-0.4, -0.2) is 33.2 Å². The maximum Gasteiger partial charge on any atom is 0.154 e. The summed E-state index contributed by atoms with van der Waals surface area (Å²) in [5.74, 6) is 0. The van der Waals surface area contributed by atoms with Crippen LogP contribution in [0.15, 0.2) is 0 Å². The van der Waals surface area contributed by atoms with Gasteiger partial charge >= 0.3 is 0 Å². The molecule has 0 N–H and O–H groups in total. The number of ether oxygens (including phenoxy) is 3. The first-order valence-electron chi connectivity index (χ1n) is 4.03. The maximum absolute atomic E-state index is 5.24. The highest BCUT2D eigenvalue weighted by atomic mass is 16.7. The predicted molar refractivity (Wildman–Crippen MR) is 43.5 cm³/mol. The van der Waals surface area contributed by atoms with Gasteiger partial charge in [-0.2, -0.15) is 0 Å². The highest BCUT2D eigenvalue weighted by Gasteiger charge is 1.96. The van der Waals surface area contributed by atoms with Gasteiger partial charge in [-0.3, -0.25) is 0 Å². The molecule has 0 spiro atoms. The molecule has 0 aliphatic carbocycles. The Morgan fingerprint density at radius 3 is 2.55 bits per heavy atom. The van der Waals surface area contributed by atoms with Crippen LogP contribution in [0.2, 0.25) is 0 Å². The lowest BCUT2D eigenvalue weighted by Crippen LogP contribution is -2.12. The third kappa shape index (κ3) is 7.78. The third-order valence-electron chi connectivity index (χ3n) is 1.32. The van der Waals surface area contributed by atoms with Crippen LogP contribution in [-0.2, 0) is 14.2 Å². The van der Waals surface area contributed by atoms with Crippen molar-refractivity contribution in [3.05, 3.63) is 0 Å². The zero-order valence-corrected chi connectivity index (χ0v) is 7.63. The van der Waals surface area contributed by atoms with Gasteiger partial charge in [-0.25, -0.2) is 0 Å². The molecule has 0 radical (unpaired) electrons. The van der Waals surface area contributed by atoms with Crippen molar-refractivity contribution in [2.75, 3.05) is 26.9 Å². The van der Waals surface area contributed by atoms with Crippen LogP contribution in [0, 0.1) is 0 Å². The third-order valence-corrected chi connectivity index (χ3v) is 1.32. The summed E-state index contributed by atoms with van der Waals surface area (Å²) >= 11 is 0. The minimum Gasteiger partial charge on any atom is -0.382 e. The van der Waals surface area contributed by atoms with Gasteiger partial charge in [0.1, 0.15) is 0 Å². The zero-order chi connectivity index (χ0) is 8.53. The van der Waals surface area contributed by atoms with Gasteiger partial charge in [-0.15, -0.1) is 0 Å². The van der Waals surface area contributed by atoms with Gasteiger partial charge in [-0.1, -0.05) is 0 Å². The van der Waals surface area contributed by atoms with E-state index in [1.54, 1.807) is 7.11 Å². The first-order valence-corrected chi connectivity index (χ1v) is 4.03. The number of hydrogen-bond acceptors (Lipinski definition) is 3. The van der Waals surface area contributed by atoms with E-state index >= 15 is 0 Å². The van der Waals surface area contributed by atoms with Gasteiger partial charge in [-0.05, 0) is 20.3 Å². The molecule has 0 fully saturated rings. The fourth-order valence-corrected chi connectivity index (χ4v) is 0.623. The molecule has 0 aromatic rings. The Morgan fingerprint density at radius 2 is 2.00 bits per heavy atom. The van der Waals surface area contributed by atoms with Gasteiger partial charge in [0.25, 0.3) is 0 Å². The van der Waals surface area contributed by atoms with Crippen LogP contribution in [0.5, 0.6) is 0 Å². The van der Waals surface area contributed by atoms with Crippen molar-refractivity contribution in [2.24, 2.45) is 0 Å². The molecule has 3 heteroatoms. The molecule has 0 rings (SSSR count). The van der Waals surface area contributed by atoms with Crippen molar-refractivity contribution >= 4 is 0 Å². The molecule has 1 unspecified atom stereocenters. The van der Waals surface area contributed by atoms with Crippen LogP contribution in [0.25, 0.3) is 0 Å². The molecular weight excluding hydrogens is 144 g/mol. The average molecular weight is 162 g/mol. The van der Waals surface area contributed by atoms with Crippen molar-refractivity contribution in [1.29, 1.82) is 0 Å². The summed E-state index contributed by atoms with van der Waals surface area (Å²) in [6.45, 7) is 6.11. The van der Waals surface area contributed by atoms with E-state index in [9.17, 15) is 0 Å². The highest BCUT2D eigenvalue weighted by Crippen LogP contribution is 1.92. The topological polar surface area (TPSA) is 27.7 Å². The van der Waals surface area contributed by atoms with E-state index in [2.05, 4.69) is 0 Å². The van der Waals surface area contributed by atoms with Crippen LogP contribution >= 0.6 is 0 Å². The molecule has 0 bridgehead atoms. The molecule has 0 saturated carbocycles. The van der Waals surface area contributed by atoms with E-state index < -0.39 is 0 Å². The second-order valence-electron chi connectivity index (χ2n) is 2.22. The summed E-state index contributed by atoms with van der Waals surface area (Å²) in [6.07, 6.45) is 0.832. The summed E-state index contributed by atoms with van der Waals surface area (Å²) in [6, 6.07) is 0. The monoisotopic (exact) mass is 162 g/mol. The lowest BCUT2D eigenvalue weighted by atomic mass is 10.5. The molecular formula is C8H18O3. The van der Waals surface area contributed by atoms with Crippen LogP contribution < -0.4 is 0 Å². The second kappa shape index (κ2) is 7.98. The number of hydrogen-bond donors (Lipinski definition) is 0. The molecule has 0 aromatic heterocycles. The zero-order valence-electron chi connectivity index (χ0n) is 7.63. The van der Waals surface area contributed by atoms with Gasteiger partial charge in [0, 0.05) is 20.3 Å². The van der Waals surface area contributed by atoms with E-state index in [0.29, 0.717) is 6.61 Å². The summed E-state index contributed by atoms with van der Waals surface area (Å²) in [7, 11) is 1.63. The second-order valence-corrected chi connectivity index (χ2v) is 2.22. The molecule has 11 heavy (non-hydrogen) atoms. The Balaban J connectivity index is 2.89. The lowest BCUT2D eigenvalue weighted by Gasteiger charge is -2.10. The first kappa shape index (κ1) is 10.9. The van der Waals surface area contributed by atoms with E-state index in [1.165, 1.54) is 0 Å². The average Bonchev–Trinajstić information content (AvgIpc) is 2.04. The molecule has 0 amide bonds. The van der Waals surface area contributed by atoms with Crippen molar-refractivity contribution in [1.82, 2.24) is 0 Å². The van der Waals surface area contributed by atoms with E-state index in [-0.39, 0.29) is 6.29 Å². The Kier molecular flexibility index (Phi) is 7.89. The Morgan fingerprint density at radius 1 is 1.27 bits per heavy atom. The van der Waals surface area contributed by atoms with Crippen molar-refractivity contribution in [3.63, 3.8) is 0 Å². The molecule has 68 valence electrons. The summed E-state index contributed by atoms with van der Waals surface area (Å²) in [5.41, 5.74) is 0. The SMILES string of the molecule is CCOCCCOC(C)OC. The summed E-state index contributed by atoms with van der Waals surface area (Å²) < 4.78 is 15.3. The lowest BCUT2D eigenvalue weighted by molar-refractivity contribution is -0.113. The minimum absolute atomic E-state index is 0.100. The Hall–Kier alpha value is -0.120.